The van der Waals surface area contributed by atoms with Gasteiger partial charge in [0.15, 0.2) is 5.91 Å². The number of nitrogens with one attached hydrogen (secondary N) is 1. The van der Waals surface area contributed by atoms with E-state index in [0.29, 0.717) is 23.1 Å². The van der Waals surface area contributed by atoms with Crippen LogP contribution in [0.15, 0.2) is 12.1 Å². The van der Waals surface area contributed by atoms with Crippen molar-refractivity contribution >= 4 is 24.2 Å². The zero-order valence-electron chi connectivity index (χ0n) is 12.5. The number of nitrogens with zero attached hydrogens (tertiary/aromatic N) is 1. The summed E-state index contributed by atoms with van der Waals surface area (Å²) in [5.74, 6) is -1.05. The van der Waals surface area contributed by atoms with Gasteiger partial charge in [-0.15, -0.1) is 11.1 Å². The molecule has 2 aliphatic rings. The number of carbonyl (C=O) groups excluding carboxylic acids is 4. The summed E-state index contributed by atoms with van der Waals surface area (Å²) >= 11 is 0. The minimum atomic E-state index is -0.644. The third-order valence-electron chi connectivity index (χ3n) is 3.79. The van der Waals surface area contributed by atoms with Crippen LogP contribution in [0.1, 0.15) is 34.3 Å². The van der Waals surface area contributed by atoms with E-state index in [2.05, 4.69) is 16.1 Å². The molecule has 2 aliphatic heterocycles. The summed E-state index contributed by atoms with van der Waals surface area (Å²) in [6, 6.07) is 5.59. The van der Waals surface area contributed by atoms with E-state index in [0.717, 1.165) is 0 Å². The molecule has 3 rings (SSSR count). The van der Waals surface area contributed by atoms with E-state index in [1.165, 1.54) is 11.4 Å². The molecule has 3 amide bonds. The van der Waals surface area contributed by atoms with Crippen LogP contribution in [0.2, 0.25) is 0 Å². The predicted octanol–water partition coefficient (Wildman–Crippen LogP) is -0.173. The van der Waals surface area contributed by atoms with Crippen molar-refractivity contribution in [1.29, 1.82) is 0 Å². The fourth-order valence-electron chi connectivity index (χ4n) is 2.72. The van der Waals surface area contributed by atoms with Gasteiger partial charge >= 0.3 is 0 Å². The van der Waals surface area contributed by atoms with Crippen molar-refractivity contribution in [3.63, 3.8) is 0 Å². The Morgan fingerprint density at radius 2 is 2.12 bits per heavy atom. The summed E-state index contributed by atoms with van der Waals surface area (Å²) in [4.78, 5) is 47.1. The van der Waals surface area contributed by atoms with Crippen LogP contribution >= 0.6 is 0 Å². The Balaban J connectivity index is 0.00000144. The van der Waals surface area contributed by atoms with Gasteiger partial charge in [0.2, 0.25) is 11.8 Å². The number of carbonyl (C=O) groups is 3. The van der Waals surface area contributed by atoms with Crippen LogP contribution in [0, 0.1) is 6.07 Å². The molecular weight excluding hydrogens is 561 g/mol. The molecule has 0 spiro atoms. The molecule has 123 valence electrons. The monoisotopic (exact) mass is 573 g/mol. The Labute approximate surface area is 178 Å². The Kier molecular flexibility index (Phi) is 7.90. The number of benzene rings is 1. The number of amides is 3. The number of imide groups is 1. The van der Waals surface area contributed by atoms with Gasteiger partial charge in [0.25, 0.3) is 0 Å². The Morgan fingerprint density at radius 1 is 1.38 bits per heavy atom. The summed E-state index contributed by atoms with van der Waals surface area (Å²) in [6.07, 6.45) is 0.537. The molecule has 1 atom stereocenters. The van der Waals surface area contributed by atoms with Crippen molar-refractivity contribution in [3.8, 4) is 0 Å². The first kappa shape index (κ1) is 21.1. The van der Waals surface area contributed by atoms with Crippen molar-refractivity contribution in [2.45, 2.75) is 32.0 Å². The van der Waals surface area contributed by atoms with Gasteiger partial charge in [-0.2, -0.15) is 18.2 Å². The molecule has 0 bridgehead atoms. The molecule has 0 saturated carbocycles. The van der Waals surface area contributed by atoms with Crippen molar-refractivity contribution in [2.75, 3.05) is 0 Å². The van der Waals surface area contributed by atoms with E-state index in [9.17, 15) is 19.2 Å². The molecule has 1 radical (unpaired) electrons. The van der Waals surface area contributed by atoms with Gasteiger partial charge in [-0.05, 0) is 6.42 Å². The average molecular weight is 573 g/mol. The maximum Gasteiger partial charge on any atom is 0.249 e. The molecule has 0 aromatic heterocycles. The first-order chi connectivity index (χ1) is 10.6. The van der Waals surface area contributed by atoms with Crippen LogP contribution in [-0.2, 0) is 86.0 Å². The zero-order valence-corrected chi connectivity index (χ0v) is 18.3. The molecule has 0 aliphatic carbocycles. The van der Waals surface area contributed by atoms with Crippen molar-refractivity contribution in [3.05, 3.63) is 34.9 Å². The Bertz CT molecular complexity index is 682. The predicted molar refractivity (Wildman–Crippen MR) is 71.8 cm³/mol. The number of rotatable bonds is 4. The first-order valence-electron chi connectivity index (χ1n) is 6.77. The van der Waals surface area contributed by atoms with Crippen LogP contribution < -0.4 is 5.32 Å². The average Bonchev–Trinajstić information content (AvgIpc) is 2.82. The third-order valence-corrected chi connectivity index (χ3v) is 3.79. The minimum absolute atomic E-state index is 0. The normalized spacial score (nSPS) is 18.9. The van der Waals surface area contributed by atoms with E-state index in [4.69, 9.17) is 0 Å². The van der Waals surface area contributed by atoms with E-state index in [1.54, 1.807) is 12.1 Å². The van der Waals surface area contributed by atoms with Gasteiger partial charge in [-0.1, -0.05) is 12.0 Å². The van der Waals surface area contributed by atoms with E-state index in [1.807, 2.05) is 0 Å². The maximum atomic E-state index is 12.5. The van der Waals surface area contributed by atoms with E-state index >= 15 is 0 Å². The van der Waals surface area contributed by atoms with Crippen molar-refractivity contribution < 1.29 is 77.7 Å². The summed E-state index contributed by atoms with van der Waals surface area (Å²) < 4.78 is 4.53. The minimum Gasteiger partial charge on any atom is -0.658 e. The number of fused-ring (bicyclic) bond motifs is 1. The summed E-state index contributed by atoms with van der Waals surface area (Å²) in [5.41, 5.74) is 1.76. The van der Waals surface area contributed by atoms with Gasteiger partial charge < -0.3 is 14.4 Å². The topological polar surface area (TPSA) is 92.8 Å². The van der Waals surface area contributed by atoms with Crippen LogP contribution in [0.5, 0.6) is 0 Å². The number of piperidine rings is 1. The largest absolute Gasteiger partial charge is 0.658 e. The van der Waals surface area contributed by atoms with Crippen LogP contribution in [0.3, 0.4) is 0 Å². The number of ether oxygens (including phenoxy) is 1. The van der Waals surface area contributed by atoms with Gasteiger partial charge in [0.05, 0.1) is 0 Å². The molecule has 1 unspecified atom stereocenters. The SMILES string of the molecule is O=[C-]OCc1c[c-]c2c(c1)C(=O)N(C1CCC(=O)NC1=O)C2.[W].[Y]. The molecule has 2 heterocycles. The molecule has 9 heteroatoms. The molecule has 1 N–H and O–H groups in total. The summed E-state index contributed by atoms with van der Waals surface area (Å²) in [7, 11) is 0. The number of hydrogen-bond acceptors (Lipinski definition) is 5. The second-order valence-corrected chi connectivity index (χ2v) is 5.17. The molecular formula is C15H12N2O5WY-2. The van der Waals surface area contributed by atoms with Gasteiger partial charge in [-0.3, -0.25) is 19.7 Å². The number of hydrogen-bond donors (Lipinski definition) is 1. The second kappa shape index (κ2) is 8.97. The molecule has 1 fully saturated rings. The smallest absolute Gasteiger partial charge is 0.249 e. The standard InChI is InChI=1S/C15H12N2O5.W.Y/c18-8-22-7-9-1-2-10-6-17(15(21)11(10)5-9)12-3-4-13(19)16-14(12)20;;/h1,5,12H,3-4,6-7H2,(H,16,19,20);;/q-2;;. The fraction of sp³-hybridized carbons (Fsp3) is 0.333. The maximum absolute atomic E-state index is 12.5. The van der Waals surface area contributed by atoms with Crippen molar-refractivity contribution in [1.82, 2.24) is 10.2 Å². The molecule has 1 aromatic rings. The zero-order chi connectivity index (χ0) is 15.7. The Hall–Kier alpha value is -0.908. The Morgan fingerprint density at radius 3 is 2.79 bits per heavy atom. The third kappa shape index (κ3) is 4.19. The second-order valence-electron chi connectivity index (χ2n) is 5.17. The quantitative estimate of drug-likeness (QED) is 0.399. The van der Waals surface area contributed by atoms with Crippen LogP contribution in [-0.4, -0.2) is 35.1 Å². The van der Waals surface area contributed by atoms with Gasteiger partial charge in [0.1, 0.15) is 6.04 Å². The van der Waals surface area contributed by atoms with E-state index < -0.39 is 11.9 Å². The molecule has 1 aromatic carbocycles. The van der Waals surface area contributed by atoms with Gasteiger partial charge in [0, 0.05) is 73.3 Å². The molecule has 7 nitrogen and oxygen atoms in total. The molecule has 24 heavy (non-hydrogen) atoms. The first-order valence-corrected chi connectivity index (χ1v) is 6.77. The summed E-state index contributed by atoms with van der Waals surface area (Å²) in [6.45, 7) is 1.61. The van der Waals surface area contributed by atoms with Crippen molar-refractivity contribution in [2.24, 2.45) is 0 Å². The summed E-state index contributed by atoms with van der Waals surface area (Å²) in [5, 5.41) is 2.25. The fourth-order valence-corrected chi connectivity index (χ4v) is 2.72. The van der Waals surface area contributed by atoms with Crippen LogP contribution in [0.4, 0.5) is 0 Å². The van der Waals surface area contributed by atoms with Gasteiger partial charge in [-0.25, -0.2) is 0 Å². The van der Waals surface area contributed by atoms with E-state index in [-0.39, 0.29) is 85.2 Å². The molecule has 1 saturated heterocycles. The van der Waals surface area contributed by atoms with Crippen LogP contribution in [0.25, 0.3) is 0 Å².